The molecule has 3 rings (SSSR count). The number of nitrogens with zero attached hydrogens (tertiary/aromatic N) is 1. The number of likely N-dealkylation sites (tertiary alicyclic amines) is 1. The van der Waals surface area contributed by atoms with Gasteiger partial charge in [0, 0.05) is 25.7 Å². The molecule has 162 valence electrons. The third-order valence-electron chi connectivity index (χ3n) is 6.00. The lowest BCUT2D eigenvalue weighted by atomic mass is 9.88. The molecule has 0 radical (unpaired) electrons. The zero-order valence-corrected chi connectivity index (χ0v) is 19.8. The Kier molecular flexibility index (Phi) is 7.50. The Balaban J connectivity index is 1.52. The fourth-order valence-electron chi connectivity index (χ4n) is 4.06. The summed E-state index contributed by atoms with van der Waals surface area (Å²) in [4.78, 5) is 25.0. The Morgan fingerprint density at radius 3 is 2.37 bits per heavy atom. The van der Waals surface area contributed by atoms with Crippen molar-refractivity contribution in [2.75, 3.05) is 13.1 Å². The lowest BCUT2D eigenvalue weighted by Crippen LogP contribution is -2.41. The monoisotopic (exact) mass is 424 g/mol. The van der Waals surface area contributed by atoms with Crippen LogP contribution in [0, 0.1) is 0 Å². The number of piperidine rings is 1. The number of benzene rings is 2. The van der Waals surface area contributed by atoms with Crippen LogP contribution in [-0.2, 0) is 17.8 Å². The standard InChI is InChI=1S/C25H36N2O2Si/c1-19(2)26-18-21-6-5-7-23(16-21)22-12-14-27(15-13-22)25(28)17-20-8-10-24(11-9-20)30(3,4)29/h5-11,16,19,22,26,29H,12-15,17-18H2,1-4H3. The van der Waals surface area contributed by atoms with Crippen molar-refractivity contribution in [2.24, 2.45) is 0 Å². The summed E-state index contributed by atoms with van der Waals surface area (Å²) in [5.41, 5.74) is 3.75. The fourth-order valence-corrected chi connectivity index (χ4v) is 5.04. The van der Waals surface area contributed by atoms with Crippen molar-refractivity contribution >= 4 is 19.4 Å². The van der Waals surface area contributed by atoms with Crippen molar-refractivity contribution in [3.63, 3.8) is 0 Å². The minimum atomic E-state index is -2.28. The van der Waals surface area contributed by atoms with Crippen molar-refractivity contribution in [1.29, 1.82) is 0 Å². The van der Waals surface area contributed by atoms with Crippen LogP contribution < -0.4 is 10.5 Å². The minimum Gasteiger partial charge on any atom is -0.428 e. The van der Waals surface area contributed by atoms with Crippen molar-refractivity contribution in [3.05, 3.63) is 65.2 Å². The summed E-state index contributed by atoms with van der Waals surface area (Å²) in [6, 6.07) is 17.3. The van der Waals surface area contributed by atoms with Crippen molar-refractivity contribution in [2.45, 2.75) is 64.7 Å². The van der Waals surface area contributed by atoms with Crippen LogP contribution in [0.4, 0.5) is 0 Å². The molecule has 0 aliphatic carbocycles. The van der Waals surface area contributed by atoms with E-state index in [9.17, 15) is 9.59 Å². The zero-order chi connectivity index (χ0) is 21.7. The second-order valence-electron chi connectivity index (χ2n) is 9.37. The Hall–Kier alpha value is -1.95. The number of carbonyl (C=O) groups excluding carboxylic acids is 1. The van der Waals surface area contributed by atoms with E-state index >= 15 is 0 Å². The fraction of sp³-hybridized carbons (Fsp3) is 0.480. The highest BCUT2D eigenvalue weighted by Crippen LogP contribution is 2.29. The molecule has 2 aromatic carbocycles. The van der Waals surface area contributed by atoms with Crippen LogP contribution in [0.5, 0.6) is 0 Å². The van der Waals surface area contributed by atoms with Crippen LogP contribution >= 0.6 is 0 Å². The molecule has 2 aromatic rings. The molecule has 0 atom stereocenters. The smallest absolute Gasteiger partial charge is 0.226 e. The summed E-state index contributed by atoms with van der Waals surface area (Å²) >= 11 is 0. The summed E-state index contributed by atoms with van der Waals surface area (Å²) < 4.78 is 0. The van der Waals surface area contributed by atoms with E-state index in [-0.39, 0.29) is 5.91 Å². The summed E-state index contributed by atoms with van der Waals surface area (Å²) in [5, 5.41) is 4.49. The van der Waals surface area contributed by atoms with E-state index in [1.165, 1.54) is 11.1 Å². The van der Waals surface area contributed by atoms with E-state index in [0.29, 0.717) is 18.4 Å². The molecule has 1 fully saturated rings. The van der Waals surface area contributed by atoms with Gasteiger partial charge in [-0.15, -0.1) is 0 Å². The molecule has 4 nitrogen and oxygen atoms in total. The van der Waals surface area contributed by atoms with E-state index in [4.69, 9.17) is 0 Å². The van der Waals surface area contributed by atoms with Gasteiger partial charge in [-0.25, -0.2) is 0 Å². The van der Waals surface area contributed by atoms with E-state index < -0.39 is 8.32 Å². The van der Waals surface area contributed by atoms with E-state index in [2.05, 4.69) is 43.4 Å². The topological polar surface area (TPSA) is 52.6 Å². The Bertz CT molecular complexity index is 835. The van der Waals surface area contributed by atoms with E-state index in [1.807, 2.05) is 42.3 Å². The number of hydrogen-bond donors (Lipinski definition) is 2. The Labute approximate surface area is 182 Å². The van der Waals surface area contributed by atoms with Crippen LogP contribution in [0.15, 0.2) is 48.5 Å². The minimum absolute atomic E-state index is 0.205. The molecule has 1 aliphatic rings. The van der Waals surface area contributed by atoms with Crippen LogP contribution in [-0.4, -0.2) is 43.1 Å². The predicted molar refractivity (Wildman–Crippen MR) is 126 cm³/mol. The molecule has 2 N–H and O–H groups in total. The molecule has 0 saturated carbocycles. The normalized spacial score (nSPS) is 15.6. The molecule has 0 aromatic heterocycles. The molecular weight excluding hydrogens is 388 g/mol. The zero-order valence-electron chi connectivity index (χ0n) is 18.8. The quantitative estimate of drug-likeness (QED) is 0.669. The highest BCUT2D eigenvalue weighted by atomic mass is 28.4. The van der Waals surface area contributed by atoms with E-state index in [1.54, 1.807) is 0 Å². The third-order valence-corrected chi connectivity index (χ3v) is 7.75. The van der Waals surface area contributed by atoms with Gasteiger partial charge in [0.15, 0.2) is 0 Å². The molecular formula is C25H36N2O2Si. The second-order valence-corrected chi connectivity index (χ2v) is 13.1. The number of hydrogen-bond acceptors (Lipinski definition) is 3. The van der Waals surface area contributed by atoms with Gasteiger partial charge < -0.3 is 15.0 Å². The molecule has 0 bridgehead atoms. The lowest BCUT2D eigenvalue weighted by molar-refractivity contribution is -0.131. The van der Waals surface area contributed by atoms with Crippen molar-refractivity contribution in [3.8, 4) is 0 Å². The van der Waals surface area contributed by atoms with E-state index in [0.717, 1.165) is 43.2 Å². The molecule has 30 heavy (non-hydrogen) atoms. The van der Waals surface area contributed by atoms with Gasteiger partial charge in [0.05, 0.1) is 6.42 Å². The highest BCUT2D eigenvalue weighted by Gasteiger charge is 2.24. The summed E-state index contributed by atoms with van der Waals surface area (Å²) in [6.45, 7) is 10.7. The van der Waals surface area contributed by atoms with Gasteiger partial charge in [-0.3, -0.25) is 4.79 Å². The Morgan fingerprint density at radius 1 is 1.10 bits per heavy atom. The average Bonchev–Trinajstić information content (AvgIpc) is 2.72. The first-order valence-corrected chi connectivity index (χ1v) is 14.1. The maximum Gasteiger partial charge on any atom is 0.226 e. The predicted octanol–water partition coefficient (Wildman–Crippen LogP) is 3.54. The van der Waals surface area contributed by atoms with Gasteiger partial charge in [-0.2, -0.15) is 0 Å². The van der Waals surface area contributed by atoms with Gasteiger partial charge in [-0.05, 0) is 53.7 Å². The van der Waals surface area contributed by atoms with Gasteiger partial charge in [0.1, 0.15) is 0 Å². The number of rotatable bonds is 7. The van der Waals surface area contributed by atoms with Crippen molar-refractivity contribution in [1.82, 2.24) is 10.2 Å². The largest absolute Gasteiger partial charge is 0.428 e. The van der Waals surface area contributed by atoms with Crippen LogP contribution in [0.2, 0.25) is 13.1 Å². The molecule has 1 aliphatic heterocycles. The first-order valence-electron chi connectivity index (χ1n) is 11.1. The number of amides is 1. The lowest BCUT2D eigenvalue weighted by Gasteiger charge is -2.32. The number of nitrogens with one attached hydrogen (secondary N) is 1. The average molecular weight is 425 g/mol. The maximum absolute atomic E-state index is 12.8. The van der Waals surface area contributed by atoms with Gasteiger partial charge in [0.2, 0.25) is 14.2 Å². The second kappa shape index (κ2) is 9.90. The molecule has 1 heterocycles. The van der Waals surface area contributed by atoms with Crippen LogP contribution in [0.3, 0.4) is 0 Å². The third kappa shape index (κ3) is 6.27. The van der Waals surface area contributed by atoms with Gasteiger partial charge in [-0.1, -0.05) is 62.4 Å². The SMILES string of the molecule is CC(C)NCc1cccc(C2CCN(C(=O)Cc3ccc([Si](C)(C)O)cc3)CC2)c1. The maximum atomic E-state index is 12.8. The van der Waals surface area contributed by atoms with Crippen LogP contribution in [0.25, 0.3) is 0 Å². The first-order chi connectivity index (χ1) is 14.2. The summed E-state index contributed by atoms with van der Waals surface area (Å²) in [6.07, 6.45) is 2.49. The molecule has 1 saturated heterocycles. The van der Waals surface area contributed by atoms with Gasteiger partial charge in [0.25, 0.3) is 0 Å². The molecule has 0 unspecified atom stereocenters. The Morgan fingerprint density at radius 2 is 1.77 bits per heavy atom. The van der Waals surface area contributed by atoms with Crippen molar-refractivity contribution < 1.29 is 9.59 Å². The highest BCUT2D eigenvalue weighted by molar-refractivity contribution is 6.83. The summed E-state index contributed by atoms with van der Waals surface area (Å²) in [5.74, 6) is 0.737. The number of carbonyl (C=O) groups is 1. The van der Waals surface area contributed by atoms with Crippen LogP contribution in [0.1, 0.15) is 49.3 Å². The summed E-state index contributed by atoms with van der Waals surface area (Å²) in [7, 11) is -2.28. The molecule has 5 heteroatoms. The molecule has 0 spiro atoms. The first kappa shape index (κ1) is 22.7. The van der Waals surface area contributed by atoms with Gasteiger partial charge >= 0.3 is 0 Å². The molecule has 1 amide bonds.